The zero-order valence-corrected chi connectivity index (χ0v) is 9.73. The van der Waals surface area contributed by atoms with Gasteiger partial charge in [-0.25, -0.2) is 4.39 Å². The van der Waals surface area contributed by atoms with Crippen molar-refractivity contribution in [2.45, 2.75) is 13.3 Å². The Bertz CT molecular complexity index is 487. The zero-order valence-electron chi connectivity index (χ0n) is 8.14. The minimum absolute atomic E-state index is 0.162. The molecule has 3 heteroatoms. The molecule has 14 heavy (non-hydrogen) atoms. The van der Waals surface area contributed by atoms with Gasteiger partial charge in [0.15, 0.2) is 0 Å². The van der Waals surface area contributed by atoms with E-state index in [-0.39, 0.29) is 5.82 Å². The Morgan fingerprint density at radius 2 is 2.14 bits per heavy atom. The molecule has 0 radical (unpaired) electrons. The van der Waals surface area contributed by atoms with Crippen LogP contribution >= 0.6 is 15.9 Å². The Balaban J connectivity index is 2.94. The molecule has 0 atom stereocenters. The Kier molecular flexibility index (Phi) is 2.35. The molecule has 1 aromatic heterocycles. The van der Waals surface area contributed by atoms with Crippen LogP contribution in [0, 0.1) is 5.82 Å². The number of aromatic nitrogens is 1. The smallest absolute Gasteiger partial charge is 0.147 e. The van der Waals surface area contributed by atoms with Crippen LogP contribution in [0.3, 0.4) is 0 Å². The highest BCUT2D eigenvalue weighted by molar-refractivity contribution is 9.10. The van der Waals surface area contributed by atoms with Gasteiger partial charge in [0.25, 0.3) is 0 Å². The van der Waals surface area contributed by atoms with E-state index in [4.69, 9.17) is 0 Å². The second kappa shape index (κ2) is 3.39. The maximum absolute atomic E-state index is 13.5. The highest BCUT2D eigenvalue weighted by Gasteiger charge is 2.13. The lowest BCUT2D eigenvalue weighted by Crippen LogP contribution is -1.95. The first-order chi connectivity index (χ1) is 6.66. The Morgan fingerprint density at radius 1 is 1.43 bits per heavy atom. The third-order valence-corrected chi connectivity index (χ3v) is 3.44. The van der Waals surface area contributed by atoms with E-state index >= 15 is 0 Å². The van der Waals surface area contributed by atoms with Crippen LogP contribution in [0.15, 0.2) is 22.7 Å². The average Bonchev–Trinajstić information content (AvgIpc) is 2.41. The molecule has 1 heterocycles. The number of aryl methyl sites for hydroxylation is 1. The van der Waals surface area contributed by atoms with Gasteiger partial charge < -0.3 is 4.57 Å². The van der Waals surface area contributed by atoms with Gasteiger partial charge in [-0.2, -0.15) is 0 Å². The molecule has 0 saturated heterocycles. The summed E-state index contributed by atoms with van der Waals surface area (Å²) in [6, 6.07) is 5.16. The molecule has 0 spiro atoms. The average molecular weight is 256 g/mol. The Labute approximate surface area is 90.7 Å². The molecule has 1 nitrogen and oxygen atoms in total. The number of benzene rings is 1. The van der Waals surface area contributed by atoms with Crippen molar-refractivity contribution >= 4 is 26.8 Å². The van der Waals surface area contributed by atoms with Gasteiger partial charge >= 0.3 is 0 Å². The van der Waals surface area contributed by atoms with Crippen LogP contribution < -0.4 is 0 Å². The molecule has 2 rings (SSSR count). The lowest BCUT2D eigenvalue weighted by Gasteiger charge is -2.01. The summed E-state index contributed by atoms with van der Waals surface area (Å²) in [5.41, 5.74) is 1.81. The molecule has 2 aromatic rings. The summed E-state index contributed by atoms with van der Waals surface area (Å²) in [5.74, 6) is -0.162. The van der Waals surface area contributed by atoms with E-state index in [2.05, 4.69) is 22.9 Å². The molecule has 0 bridgehead atoms. The number of nitrogens with zero attached hydrogens (tertiary/aromatic N) is 1. The minimum atomic E-state index is -0.162. The van der Waals surface area contributed by atoms with Crippen LogP contribution in [-0.2, 0) is 13.5 Å². The lowest BCUT2D eigenvalue weighted by molar-refractivity contribution is 0.630. The maximum Gasteiger partial charge on any atom is 0.147 e. The molecule has 74 valence electrons. The molecule has 0 amide bonds. The van der Waals surface area contributed by atoms with E-state index in [1.807, 2.05) is 17.7 Å². The van der Waals surface area contributed by atoms with Crippen molar-refractivity contribution in [3.05, 3.63) is 34.2 Å². The van der Waals surface area contributed by atoms with E-state index in [0.717, 1.165) is 22.0 Å². The van der Waals surface area contributed by atoms with Gasteiger partial charge in [0.1, 0.15) is 5.82 Å². The van der Waals surface area contributed by atoms with Crippen molar-refractivity contribution in [3.8, 4) is 0 Å². The van der Waals surface area contributed by atoms with Gasteiger partial charge in [-0.15, -0.1) is 0 Å². The van der Waals surface area contributed by atoms with Crippen molar-refractivity contribution in [2.75, 3.05) is 0 Å². The van der Waals surface area contributed by atoms with Gasteiger partial charge in [0.2, 0.25) is 0 Å². The highest BCUT2D eigenvalue weighted by Crippen LogP contribution is 2.31. The molecule has 0 aliphatic rings. The molecule has 0 N–H and O–H groups in total. The lowest BCUT2D eigenvalue weighted by atomic mass is 10.2. The Hall–Kier alpha value is -0.830. The topological polar surface area (TPSA) is 4.93 Å². The fourth-order valence-corrected chi connectivity index (χ4v) is 2.73. The predicted molar refractivity (Wildman–Crippen MR) is 60.0 cm³/mol. The summed E-state index contributed by atoms with van der Waals surface area (Å²) in [6.07, 6.45) is 0.894. The zero-order chi connectivity index (χ0) is 10.3. The Morgan fingerprint density at radius 3 is 2.71 bits per heavy atom. The molecular weight excluding hydrogens is 245 g/mol. The third kappa shape index (κ3) is 1.19. The van der Waals surface area contributed by atoms with Crippen LogP contribution in [0.2, 0.25) is 0 Å². The first-order valence-corrected chi connectivity index (χ1v) is 5.37. The van der Waals surface area contributed by atoms with Crippen molar-refractivity contribution in [1.29, 1.82) is 0 Å². The van der Waals surface area contributed by atoms with E-state index in [9.17, 15) is 4.39 Å². The van der Waals surface area contributed by atoms with Gasteiger partial charge in [-0.3, -0.25) is 0 Å². The van der Waals surface area contributed by atoms with Crippen LogP contribution in [0.4, 0.5) is 4.39 Å². The predicted octanol–water partition coefficient (Wildman–Crippen LogP) is 3.64. The van der Waals surface area contributed by atoms with Gasteiger partial charge in [0.05, 0.1) is 5.52 Å². The van der Waals surface area contributed by atoms with Crippen molar-refractivity contribution in [3.63, 3.8) is 0 Å². The molecule has 0 fully saturated rings. The molecule has 0 unspecified atom stereocenters. The molecule has 0 aliphatic heterocycles. The van der Waals surface area contributed by atoms with Crippen molar-refractivity contribution < 1.29 is 4.39 Å². The number of hydrogen-bond acceptors (Lipinski definition) is 0. The van der Waals surface area contributed by atoms with E-state index in [1.54, 1.807) is 6.07 Å². The van der Waals surface area contributed by atoms with Crippen LogP contribution in [0.25, 0.3) is 10.9 Å². The fourth-order valence-electron chi connectivity index (χ4n) is 1.86. The normalized spacial score (nSPS) is 11.1. The SMILES string of the molecule is CCc1c(Br)c2cccc(F)c2n1C. The number of fused-ring (bicyclic) bond motifs is 1. The summed E-state index contributed by atoms with van der Waals surface area (Å²) < 4.78 is 16.5. The van der Waals surface area contributed by atoms with Gasteiger partial charge in [-0.05, 0) is 28.4 Å². The van der Waals surface area contributed by atoms with Crippen LogP contribution in [0.5, 0.6) is 0 Å². The number of halogens is 2. The number of rotatable bonds is 1. The third-order valence-electron chi connectivity index (χ3n) is 2.55. The molecule has 0 saturated carbocycles. The van der Waals surface area contributed by atoms with Gasteiger partial charge in [-0.1, -0.05) is 19.1 Å². The standard InChI is InChI=1S/C11H11BrFN/c1-3-9-10(12)7-5-4-6-8(13)11(7)14(9)2/h4-6H,3H2,1-2H3. The first kappa shape index (κ1) is 9.71. The quantitative estimate of drug-likeness (QED) is 0.734. The second-order valence-electron chi connectivity index (χ2n) is 3.31. The summed E-state index contributed by atoms with van der Waals surface area (Å²) in [5, 5.41) is 0.948. The van der Waals surface area contributed by atoms with Crippen LogP contribution in [-0.4, -0.2) is 4.57 Å². The van der Waals surface area contributed by atoms with Crippen LogP contribution in [0.1, 0.15) is 12.6 Å². The number of hydrogen-bond donors (Lipinski definition) is 0. The summed E-state index contributed by atoms with van der Waals surface area (Å²) >= 11 is 3.51. The van der Waals surface area contributed by atoms with E-state index < -0.39 is 0 Å². The first-order valence-electron chi connectivity index (χ1n) is 4.58. The monoisotopic (exact) mass is 255 g/mol. The van der Waals surface area contributed by atoms with E-state index in [0.29, 0.717) is 5.52 Å². The maximum atomic E-state index is 13.5. The fraction of sp³-hybridized carbons (Fsp3) is 0.273. The molecule has 0 aliphatic carbocycles. The number of para-hydroxylation sites is 1. The van der Waals surface area contributed by atoms with Crippen molar-refractivity contribution in [2.24, 2.45) is 7.05 Å². The minimum Gasteiger partial charge on any atom is -0.344 e. The summed E-state index contributed by atoms with van der Waals surface area (Å²) in [4.78, 5) is 0. The largest absolute Gasteiger partial charge is 0.344 e. The van der Waals surface area contributed by atoms with E-state index in [1.165, 1.54) is 6.07 Å². The molecular formula is C11H11BrFN. The summed E-state index contributed by atoms with van der Waals surface area (Å²) in [7, 11) is 1.90. The van der Waals surface area contributed by atoms with Gasteiger partial charge in [0, 0.05) is 22.6 Å². The van der Waals surface area contributed by atoms with Crippen molar-refractivity contribution in [1.82, 2.24) is 4.57 Å². The highest BCUT2D eigenvalue weighted by atomic mass is 79.9. The second-order valence-corrected chi connectivity index (χ2v) is 4.10. The summed E-state index contributed by atoms with van der Waals surface area (Å²) in [6.45, 7) is 2.07. The molecule has 1 aromatic carbocycles.